The summed E-state index contributed by atoms with van der Waals surface area (Å²) in [5.74, 6) is 0. The van der Waals surface area contributed by atoms with Crippen LogP contribution in [0.25, 0.3) is 0 Å². The van der Waals surface area contributed by atoms with Gasteiger partial charge in [0.1, 0.15) is 6.61 Å². The molecule has 0 bridgehead atoms. The minimum absolute atomic E-state index is 0.292. The molecule has 0 unspecified atom stereocenters. The molecular weight excluding hydrogens is 183 g/mol. The first-order valence-electron chi connectivity index (χ1n) is 4.35. The maximum absolute atomic E-state index is 9.43. The van der Waals surface area contributed by atoms with Crippen LogP contribution in [0.2, 0.25) is 0 Å². The van der Waals surface area contributed by atoms with Crippen molar-refractivity contribution in [1.29, 1.82) is 0 Å². The molecule has 5 heteroatoms. The quantitative estimate of drug-likeness (QED) is 0.300. The molecule has 0 saturated heterocycles. The second-order valence-corrected chi connectivity index (χ2v) is 2.67. The van der Waals surface area contributed by atoms with E-state index >= 15 is 0 Å². The smallest absolute Gasteiger partial charge is 0.422 e. The summed E-state index contributed by atoms with van der Waals surface area (Å²) in [6, 6.07) is 9.00. The van der Waals surface area contributed by atoms with Gasteiger partial charge in [-0.1, -0.05) is 30.3 Å². The van der Waals surface area contributed by atoms with Gasteiger partial charge in [-0.3, -0.25) is 4.81 Å². The Morgan fingerprint density at radius 3 is 2.57 bits per heavy atom. The molecule has 0 spiro atoms. The molecule has 0 radical (unpaired) electrons. The first kappa shape index (κ1) is 11.2. The van der Waals surface area contributed by atoms with E-state index in [1.165, 1.54) is 0 Å². The van der Waals surface area contributed by atoms with E-state index < -0.39 is 7.12 Å². The Morgan fingerprint density at radius 1 is 1.21 bits per heavy atom. The van der Waals surface area contributed by atoms with Crippen molar-refractivity contribution in [1.82, 2.24) is 0 Å². The summed E-state index contributed by atoms with van der Waals surface area (Å²) < 4.78 is 4.74. The normalized spacial score (nSPS) is 10.1. The van der Waals surface area contributed by atoms with Gasteiger partial charge in [0.05, 0.1) is 6.61 Å². The lowest BCUT2D eigenvalue weighted by molar-refractivity contribution is -0.226. The molecule has 76 valence electrons. The third-order valence-corrected chi connectivity index (χ3v) is 1.61. The minimum atomic E-state index is -1.05. The highest BCUT2D eigenvalue weighted by molar-refractivity contribution is 6.59. The number of benzene rings is 1. The second-order valence-electron chi connectivity index (χ2n) is 2.67. The number of hydrogen-bond donors (Lipinski definition) is 1. The monoisotopic (exact) mass is 196 g/mol. The molecular formula is C9H13BO4. The predicted octanol–water partition coefficient (Wildman–Crippen LogP) is -0.0313. The lowest BCUT2D eigenvalue weighted by atomic mass is 9.80. The van der Waals surface area contributed by atoms with Gasteiger partial charge in [0.25, 0.3) is 0 Å². The molecule has 1 aromatic carbocycles. The van der Waals surface area contributed by atoms with Crippen LogP contribution in [0.3, 0.4) is 0 Å². The summed E-state index contributed by atoms with van der Waals surface area (Å²) in [5, 5.41) is 9.43. The molecule has 0 aliphatic rings. The largest absolute Gasteiger partial charge is 0.523 e. The average molecular weight is 196 g/mol. The van der Waals surface area contributed by atoms with Crippen molar-refractivity contribution >= 4 is 12.6 Å². The van der Waals surface area contributed by atoms with E-state index in [-0.39, 0.29) is 0 Å². The van der Waals surface area contributed by atoms with Crippen molar-refractivity contribution in [3.8, 4) is 0 Å². The Morgan fingerprint density at radius 2 is 1.93 bits per heavy atom. The number of rotatable bonds is 6. The minimum Gasteiger partial charge on any atom is -0.422 e. The Kier molecular flexibility index (Phi) is 5.25. The van der Waals surface area contributed by atoms with Crippen LogP contribution in [0.4, 0.5) is 0 Å². The van der Waals surface area contributed by atoms with E-state index in [2.05, 4.69) is 0 Å². The molecule has 1 aromatic rings. The van der Waals surface area contributed by atoms with E-state index in [0.29, 0.717) is 18.7 Å². The topological polar surface area (TPSA) is 47.9 Å². The van der Waals surface area contributed by atoms with Crippen LogP contribution in [0, 0.1) is 0 Å². The van der Waals surface area contributed by atoms with Gasteiger partial charge >= 0.3 is 7.12 Å². The first-order valence-corrected chi connectivity index (χ1v) is 4.35. The van der Waals surface area contributed by atoms with Crippen molar-refractivity contribution < 1.29 is 19.5 Å². The highest BCUT2D eigenvalue weighted by Crippen LogP contribution is 1.89. The number of ether oxygens (including phenoxy) is 1. The van der Waals surface area contributed by atoms with Gasteiger partial charge in [-0.15, -0.1) is 0 Å². The zero-order valence-corrected chi connectivity index (χ0v) is 8.05. The molecule has 0 fully saturated rings. The predicted molar refractivity (Wildman–Crippen MR) is 53.0 cm³/mol. The lowest BCUT2D eigenvalue weighted by Crippen LogP contribution is -2.33. The molecule has 0 aliphatic heterocycles. The SMILES string of the molecule is COCCOOB(O)c1ccccc1. The molecule has 1 rings (SSSR count). The highest BCUT2D eigenvalue weighted by atomic mass is 17.2. The maximum Gasteiger partial charge on any atom is 0.523 e. The van der Waals surface area contributed by atoms with Crippen molar-refractivity contribution in [3.05, 3.63) is 30.3 Å². The van der Waals surface area contributed by atoms with Crippen molar-refractivity contribution in [3.63, 3.8) is 0 Å². The molecule has 4 nitrogen and oxygen atoms in total. The summed E-state index contributed by atoms with van der Waals surface area (Å²) in [6.07, 6.45) is 0. The third-order valence-electron chi connectivity index (χ3n) is 1.61. The summed E-state index contributed by atoms with van der Waals surface area (Å²) >= 11 is 0. The molecule has 0 atom stereocenters. The molecule has 14 heavy (non-hydrogen) atoms. The molecule has 0 aliphatic carbocycles. The van der Waals surface area contributed by atoms with Gasteiger partial charge in [0.2, 0.25) is 0 Å². The Balaban J connectivity index is 2.25. The van der Waals surface area contributed by atoms with Gasteiger partial charge in [0, 0.05) is 7.11 Å². The average Bonchev–Trinajstić information content (AvgIpc) is 2.25. The molecule has 0 aromatic heterocycles. The summed E-state index contributed by atoms with van der Waals surface area (Å²) in [4.78, 5) is 9.42. The van der Waals surface area contributed by atoms with E-state index in [4.69, 9.17) is 14.4 Å². The van der Waals surface area contributed by atoms with Crippen LogP contribution in [0.15, 0.2) is 30.3 Å². The van der Waals surface area contributed by atoms with Crippen LogP contribution in [-0.2, 0) is 14.4 Å². The standard InChI is InChI=1S/C9H13BO4/c1-12-7-8-13-14-10(11)9-5-3-2-4-6-9/h2-6,11H,7-8H2,1H3. The molecule has 0 saturated carbocycles. The molecule has 0 heterocycles. The summed E-state index contributed by atoms with van der Waals surface area (Å²) in [6.45, 7) is 0.724. The number of hydrogen-bond acceptors (Lipinski definition) is 4. The fourth-order valence-electron chi connectivity index (χ4n) is 0.903. The Labute approximate surface area is 83.5 Å². The summed E-state index contributed by atoms with van der Waals surface area (Å²) in [5.41, 5.74) is 0.657. The lowest BCUT2D eigenvalue weighted by Gasteiger charge is -2.06. The summed E-state index contributed by atoms with van der Waals surface area (Å²) in [7, 11) is 0.518. The Bertz CT molecular complexity index is 242. The van der Waals surface area contributed by atoms with Gasteiger partial charge in [-0.05, 0) is 5.46 Å². The van der Waals surface area contributed by atoms with Crippen LogP contribution in [0.5, 0.6) is 0 Å². The van der Waals surface area contributed by atoms with Gasteiger partial charge in [-0.2, -0.15) is 0 Å². The maximum atomic E-state index is 9.43. The third kappa shape index (κ3) is 3.89. The van der Waals surface area contributed by atoms with Crippen molar-refractivity contribution in [2.75, 3.05) is 20.3 Å². The van der Waals surface area contributed by atoms with E-state index in [1.54, 1.807) is 19.2 Å². The van der Waals surface area contributed by atoms with Crippen molar-refractivity contribution in [2.24, 2.45) is 0 Å². The zero-order chi connectivity index (χ0) is 10.2. The Hall–Kier alpha value is -0.875. The van der Waals surface area contributed by atoms with Gasteiger partial charge in [-0.25, -0.2) is 4.89 Å². The van der Waals surface area contributed by atoms with Gasteiger partial charge < -0.3 is 9.76 Å². The van der Waals surface area contributed by atoms with Crippen LogP contribution in [-0.4, -0.2) is 32.5 Å². The molecule has 1 N–H and O–H groups in total. The number of methoxy groups -OCH3 is 1. The van der Waals surface area contributed by atoms with Crippen molar-refractivity contribution in [2.45, 2.75) is 0 Å². The van der Waals surface area contributed by atoms with E-state index in [9.17, 15) is 5.02 Å². The first-order chi connectivity index (χ1) is 6.84. The van der Waals surface area contributed by atoms with Crippen LogP contribution in [0.1, 0.15) is 0 Å². The second kappa shape index (κ2) is 6.56. The van der Waals surface area contributed by atoms with Gasteiger partial charge in [0.15, 0.2) is 0 Å². The molecule has 0 amide bonds. The fraction of sp³-hybridized carbons (Fsp3) is 0.333. The van der Waals surface area contributed by atoms with E-state index in [1.807, 2.05) is 18.2 Å². The zero-order valence-electron chi connectivity index (χ0n) is 8.05. The van der Waals surface area contributed by atoms with Crippen LogP contribution >= 0.6 is 0 Å². The van der Waals surface area contributed by atoms with E-state index in [0.717, 1.165) is 0 Å². The highest BCUT2D eigenvalue weighted by Gasteiger charge is 2.16. The van der Waals surface area contributed by atoms with Crippen LogP contribution < -0.4 is 5.46 Å². The fourth-order valence-corrected chi connectivity index (χ4v) is 0.903.